The van der Waals surface area contributed by atoms with Gasteiger partial charge in [-0.05, 0) is 43.0 Å². The monoisotopic (exact) mass is 247 g/mol. The fourth-order valence-electron chi connectivity index (χ4n) is 2.47. The van der Waals surface area contributed by atoms with Crippen LogP contribution in [0, 0.1) is 11.8 Å². The molecule has 0 amide bonds. The van der Waals surface area contributed by atoms with Crippen LogP contribution in [0.5, 0.6) is 5.75 Å². The van der Waals surface area contributed by atoms with Crippen LogP contribution >= 0.6 is 0 Å². The number of rotatable bonds is 4. The van der Waals surface area contributed by atoms with Crippen LogP contribution in [0.2, 0.25) is 0 Å². The molecule has 98 valence electrons. The van der Waals surface area contributed by atoms with E-state index >= 15 is 0 Å². The first-order valence-corrected chi connectivity index (χ1v) is 6.59. The van der Waals surface area contributed by atoms with Gasteiger partial charge in [-0.1, -0.05) is 6.92 Å². The van der Waals surface area contributed by atoms with E-state index < -0.39 is 0 Å². The maximum absolute atomic E-state index is 11.8. The summed E-state index contributed by atoms with van der Waals surface area (Å²) in [5.74, 6) is 2.11. The summed E-state index contributed by atoms with van der Waals surface area (Å²) in [6, 6.07) is 7.81. The summed E-state index contributed by atoms with van der Waals surface area (Å²) in [6.07, 6.45) is 2.82. The number of ether oxygens (including phenoxy) is 1. The molecule has 2 atom stereocenters. The lowest BCUT2D eigenvalue weighted by Crippen LogP contribution is -2.29. The van der Waals surface area contributed by atoms with E-state index in [9.17, 15) is 4.79 Å². The largest absolute Gasteiger partial charge is 0.497 e. The first-order chi connectivity index (χ1) is 8.69. The zero-order valence-electron chi connectivity index (χ0n) is 11.1. The number of hydrogen-bond donors (Lipinski definition) is 1. The molecule has 1 unspecified atom stereocenters. The van der Waals surface area contributed by atoms with Crippen molar-refractivity contribution in [1.29, 1.82) is 0 Å². The Hall–Kier alpha value is -1.51. The molecule has 0 bridgehead atoms. The fraction of sp³-hybridized carbons (Fsp3) is 0.533. The number of carbonyl (C=O) groups is 1. The third kappa shape index (κ3) is 3.25. The number of ketones is 1. The van der Waals surface area contributed by atoms with Gasteiger partial charge in [0.15, 0.2) is 0 Å². The summed E-state index contributed by atoms with van der Waals surface area (Å²) in [5.41, 5.74) is 1.04. The molecule has 3 nitrogen and oxygen atoms in total. The number of carbonyl (C=O) groups excluding carboxylic acids is 1. The average Bonchev–Trinajstić information content (AvgIpc) is 2.40. The van der Waals surface area contributed by atoms with Crippen LogP contribution in [0.3, 0.4) is 0 Å². The van der Waals surface area contributed by atoms with Crippen molar-refractivity contribution >= 4 is 11.5 Å². The summed E-state index contributed by atoms with van der Waals surface area (Å²) >= 11 is 0. The molecular weight excluding hydrogens is 226 g/mol. The molecule has 1 fully saturated rings. The molecule has 0 spiro atoms. The molecule has 0 radical (unpaired) electrons. The number of benzene rings is 1. The highest BCUT2D eigenvalue weighted by Gasteiger charge is 2.25. The summed E-state index contributed by atoms with van der Waals surface area (Å²) in [7, 11) is 1.66. The molecule has 1 N–H and O–H groups in total. The predicted octanol–water partition coefficient (Wildman–Crippen LogP) is 3.11. The molecule has 1 aliphatic carbocycles. The third-order valence-corrected chi connectivity index (χ3v) is 3.67. The number of hydrogen-bond acceptors (Lipinski definition) is 3. The van der Waals surface area contributed by atoms with Crippen LogP contribution in [-0.4, -0.2) is 19.4 Å². The van der Waals surface area contributed by atoms with Crippen LogP contribution in [0.1, 0.15) is 26.2 Å². The maximum Gasteiger partial charge on any atom is 0.137 e. The van der Waals surface area contributed by atoms with E-state index in [1.807, 2.05) is 24.3 Å². The zero-order valence-corrected chi connectivity index (χ0v) is 11.1. The number of methoxy groups -OCH3 is 1. The standard InChI is InChI=1S/C15H21NO2/c1-11-3-8-15(17)12(9-11)10-16-13-4-6-14(18-2)7-5-13/h4-7,11-12,16H,3,8-10H2,1-2H3/t11?,12-/m0/s1. The average molecular weight is 247 g/mol. The summed E-state index contributed by atoms with van der Waals surface area (Å²) in [4.78, 5) is 11.8. The minimum absolute atomic E-state index is 0.177. The highest BCUT2D eigenvalue weighted by Crippen LogP contribution is 2.26. The summed E-state index contributed by atoms with van der Waals surface area (Å²) < 4.78 is 5.11. The fourth-order valence-corrected chi connectivity index (χ4v) is 2.47. The Morgan fingerprint density at radius 3 is 2.72 bits per heavy atom. The number of anilines is 1. The molecule has 1 aromatic carbocycles. The van der Waals surface area contributed by atoms with Crippen LogP contribution in [0.15, 0.2) is 24.3 Å². The van der Waals surface area contributed by atoms with Gasteiger partial charge in [0.05, 0.1) is 7.11 Å². The lowest BCUT2D eigenvalue weighted by Gasteiger charge is -2.26. The van der Waals surface area contributed by atoms with E-state index in [-0.39, 0.29) is 5.92 Å². The van der Waals surface area contributed by atoms with Crippen LogP contribution in [-0.2, 0) is 4.79 Å². The van der Waals surface area contributed by atoms with Crippen molar-refractivity contribution in [3.8, 4) is 5.75 Å². The van der Waals surface area contributed by atoms with Gasteiger partial charge in [0.2, 0.25) is 0 Å². The zero-order chi connectivity index (χ0) is 13.0. The quantitative estimate of drug-likeness (QED) is 0.888. The van der Waals surface area contributed by atoms with Crippen molar-refractivity contribution in [2.45, 2.75) is 26.2 Å². The molecule has 0 aliphatic heterocycles. The Labute approximate surface area is 109 Å². The van der Waals surface area contributed by atoms with E-state index in [1.54, 1.807) is 7.11 Å². The lowest BCUT2D eigenvalue weighted by atomic mass is 9.81. The normalized spacial score (nSPS) is 23.8. The molecule has 1 saturated carbocycles. The highest BCUT2D eigenvalue weighted by atomic mass is 16.5. The molecule has 3 heteroatoms. The van der Waals surface area contributed by atoms with Gasteiger partial charge in [-0.15, -0.1) is 0 Å². The van der Waals surface area contributed by atoms with Gasteiger partial charge in [-0.2, -0.15) is 0 Å². The van der Waals surface area contributed by atoms with E-state index in [4.69, 9.17) is 4.74 Å². The van der Waals surface area contributed by atoms with Crippen LogP contribution < -0.4 is 10.1 Å². The van der Waals surface area contributed by atoms with Crippen molar-refractivity contribution in [2.24, 2.45) is 11.8 Å². The second-order valence-corrected chi connectivity index (χ2v) is 5.15. The van der Waals surface area contributed by atoms with Gasteiger partial charge < -0.3 is 10.1 Å². The number of nitrogens with one attached hydrogen (secondary N) is 1. The smallest absolute Gasteiger partial charge is 0.137 e. The van der Waals surface area contributed by atoms with Crippen molar-refractivity contribution < 1.29 is 9.53 Å². The Kier molecular flexibility index (Phi) is 4.24. The second-order valence-electron chi connectivity index (χ2n) is 5.15. The first kappa shape index (κ1) is 12.9. The topological polar surface area (TPSA) is 38.3 Å². The van der Waals surface area contributed by atoms with E-state index in [2.05, 4.69) is 12.2 Å². The van der Waals surface area contributed by atoms with Crippen molar-refractivity contribution in [2.75, 3.05) is 19.0 Å². The minimum Gasteiger partial charge on any atom is -0.497 e. The Morgan fingerprint density at radius 2 is 2.06 bits per heavy atom. The van der Waals surface area contributed by atoms with Crippen molar-refractivity contribution in [1.82, 2.24) is 0 Å². The maximum atomic E-state index is 11.8. The van der Waals surface area contributed by atoms with Gasteiger partial charge in [0, 0.05) is 24.6 Å². The van der Waals surface area contributed by atoms with Gasteiger partial charge in [0.25, 0.3) is 0 Å². The third-order valence-electron chi connectivity index (χ3n) is 3.67. The van der Waals surface area contributed by atoms with E-state index in [1.165, 1.54) is 0 Å². The molecule has 0 aromatic heterocycles. The molecular formula is C15H21NO2. The minimum atomic E-state index is 0.177. The van der Waals surface area contributed by atoms with Crippen LogP contribution in [0.25, 0.3) is 0 Å². The highest BCUT2D eigenvalue weighted by molar-refractivity contribution is 5.82. The Morgan fingerprint density at radius 1 is 1.33 bits per heavy atom. The Balaban J connectivity index is 1.88. The van der Waals surface area contributed by atoms with Crippen molar-refractivity contribution in [3.63, 3.8) is 0 Å². The van der Waals surface area contributed by atoms with Crippen LogP contribution in [0.4, 0.5) is 5.69 Å². The van der Waals surface area contributed by atoms with Gasteiger partial charge in [-0.25, -0.2) is 0 Å². The first-order valence-electron chi connectivity index (χ1n) is 6.59. The summed E-state index contributed by atoms with van der Waals surface area (Å²) in [6.45, 7) is 2.97. The molecule has 0 heterocycles. The Bertz CT molecular complexity index is 399. The lowest BCUT2D eigenvalue weighted by molar-refractivity contribution is -0.124. The molecule has 1 aromatic rings. The molecule has 2 rings (SSSR count). The number of Topliss-reactive ketones (excluding diaryl/α,β-unsaturated/α-hetero) is 1. The molecule has 1 aliphatic rings. The van der Waals surface area contributed by atoms with Gasteiger partial charge in [0.1, 0.15) is 11.5 Å². The predicted molar refractivity (Wildman–Crippen MR) is 73.0 cm³/mol. The second kappa shape index (κ2) is 5.89. The SMILES string of the molecule is COc1ccc(NC[C@@H]2CC(C)CCC2=O)cc1. The van der Waals surface area contributed by atoms with E-state index in [0.717, 1.165) is 37.2 Å². The van der Waals surface area contributed by atoms with Gasteiger partial charge >= 0.3 is 0 Å². The molecule has 0 saturated heterocycles. The van der Waals surface area contributed by atoms with Crippen molar-refractivity contribution in [3.05, 3.63) is 24.3 Å². The van der Waals surface area contributed by atoms with E-state index in [0.29, 0.717) is 11.7 Å². The summed E-state index contributed by atoms with van der Waals surface area (Å²) in [5, 5.41) is 3.34. The van der Waals surface area contributed by atoms with Gasteiger partial charge in [-0.3, -0.25) is 4.79 Å². The molecule has 18 heavy (non-hydrogen) atoms.